The van der Waals surface area contributed by atoms with E-state index in [1.807, 2.05) is 19.1 Å². The molecule has 0 unspecified atom stereocenters. The molecule has 5 rings (SSSR count). The molecule has 0 aliphatic carbocycles. The van der Waals surface area contributed by atoms with Crippen molar-refractivity contribution in [1.29, 1.82) is 0 Å². The van der Waals surface area contributed by atoms with Gasteiger partial charge in [0.1, 0.15) is 5.75 Å². The second-order valence-corrected chi connectivity index (χ2v) is 9.91. The average Bonchev–Trinajstić information content (AvgIpc) is 3.51. The Bertz CT molecular complexity index is 1470. The first-order valence-corrected chi connectivity index (χ1v) is 13.2. The number of para-hydroxylation sites is 2. The highest BCUT2D eigenvalue weighted by molar-refractivity contribution is 8.27. The molecule has 2 heterocycles. The Morgan fingerprint density at radius 2 is 1.87 bits per heavy atom. The molecule has 39 heavy (non-hydrogen) atoms. The lowest BCUT2D eigenvalue weighted by atomic mass is 10.1. The Labute approximate surface area is 234 Å². The number of anilines is 2. The Balaban J connectivity index is 1.26. The minimum absolute atomic E-state index is 0.144. The van der Waals surface area contributed by atoms with Gasteiger partial charge in [0.05, 0.1) is 30.0 Å². The minimum atomic E-state index is -0.347. The molecule has 1 N–H and O–H groups in total. The molecular weight excluding hydrogens is 540 g/mol. The zero-order chi connectivity index (χ0) is 27.4. The second-order valence-electron chi connectivity index (χ2n) is 8.23. The molecule has 200 valence electrons. The molecule has 3 aromatic carbocycles. The number of ether oxygens (including phenoxy) is 5. The average molecular weight is 565 g/mol. The zero-order valence-corrected chi connectivity index (χ0v) is 22.7. The molecule has 2 aliphatic rings. The molecule has 0 radical (unpaired) electrons. The SMILES string of the molecule is CCOc1ccccc1NC(=O)COc1ccc(/C=C2/SC(=S)N(c3ccc4c(c3)OCO4)C2=O)cc1OC. The third kappa shape index (κ3) is 5.79. The van der Waals surface area contributed by atoms with Crippen molar-refractivity contribution < 1.29 is 33.3 Å². The van der Waals surface area contributed by atoms with Gasteiger partial charge in [0.15, 0.2) is 33.9 Å². The minimum Gasteiger partial charge on any atom is -0.493 e. The van der Waals surface area contributed by atoms with Gasteiger partial charge >= 0.3 is 0 Å². The third-order valence-corrected chi connectivity index (χ3v) is 7.02. The molecule has 0 saturated carbocycles. The van der Waals surface area contributed by atoms with Crippen LogP contribution in [-0.4, -0.2) is 43.3 Å². The summed E-state index contributed by atoms with van der Waals surface area (Å²) in [5.74, 6) is 1.99. The summed E-state index contributed by atoms with van der Waals surface area (Å²) < 4.78 is 27.9. The highest BCUT2D eigenvalue weighted by atomic mass is 32.2. The topological polar surface area (TPSA) is 95.6 Å². The van der Waals surface area contributed by atoms with Crippen LogP contribution >= 0.6 is 24.0 Å². The van der Waals surface area contributed by atoms with Gasteiger partial charge in [-0.2, -0.15) is 0 Å². The van der Waals surface area contributed by atoms with Crippen molar-refractivity contribution in [2.45, 2.75) is 6.92 Å². The molecular formula is C28H24N2O7S2. The molecule has 2 aliphatic heterocycles. The lowest BCUT2D eigenvalue weighted by Crippen LogP contribution is -2.27. The van der Waals surface area contributed by atoms with Crippen LogP contribution in [0.1, 0.15) is 12.5 Å². The van der Waals surface area contributed by atoms with Crippen molar-refractivity contribution in [2.75, 3.05) is 37.3 Å². The Kier molecular flexibility index (Phi) is 7.89. The molecule has 3 aromatic rings. The summed E-state index contributed by atoms with van der Waals surface area (Å²) in [4.78, 5) is 27.6. The number of hydrogen-bond donors (Lipinski definition) is 1. The maximum atomic E-state index is 13.2. The number of nitrogens with one attached hydrogen (secondary N) is 1. The number of nitrogens with zero attached hydrogens (tertiary/aromatic N) is 1. The van der Waals surface area contributed by atoms with Crippen molar-refractivity contribution in [3.63, 3.8) is 0 Å². The van der Waals surface area contributed by atoms with Gasteiger partial charge in [0.2, 0.25) is 6.79 Å². The predicted octanol–water partition coefficient (Wildman–Crippen LogP) is 5.25. The standard InChI is InChI=1S/C28H24N2O7S2/c1-3-34-20-7-5-4-6-19(20)29-26(31)15-35-21-10-8-17(12-23(21)33-2)13-25-27(32)30(28(38)39-25)18-9-11-22-24(14-18)37-16-36-22/h4-14H,3,15-16H2,1-2H3,(H,29,31)/b25-13+. The summed E-state index contributed by atoms with van der Waals surface area (Å²) in [5.41, 5.74) is 1.88. The molecule has 2 amide bonds. The van der Waals surface area contributed by atoms with Crippen molar-refractivity contribution in [1.82, 2.24) is 0 Å². The number of amides is 2. The zero-order valence-electron chi connectivity index (χ0n) is 21.1. The maximum absolute atomic E-state index is 13.2. The van der Waals surface area contributed by atoms with Gasteiger partial charge in [-0.25, -0.2) is 0 Å². The van der Waals surface area contributed by atoms with E-state index in [0.717, 1.165) is 0 Å². The van der Waals surface area contributed by atoms with Crippen molar-refractivity contribution in [3.8, 4) is 28.7 Å². The number of fused-ring (bicyclic) bond motifs is 1. The molecule has 11 heteroatoms. The first-order chi connectivity index (χ1) is 19.0. The fraction of sp³-hybridized carbons (Fsp3) is 0.179. The van der Waals surface area contributed by atoms with Gasteiger partial charge in [0.25, 0.3) is 11.8 Å². The van der Waals surface area contributed by atoms with E-state index in [1.165, 1.54) is 23.8 Å². The summed E-state index contributed by atoms with van der Waals surface area (Å²) in [7, 11) is 1.50. The number of thioether (sulfide) groups is 1. The van der Waals surface area contributed by atoms with Gasteiger partial charge in [-0.05, 0) is 55.0 Å². The van der Waals surface area contributed by atoms with E-state index in [0.29, 0.717) is 61.5 Å². The normalized spacial score (nSPS) is 15.0. The molecule has 9 nitrogen and oxygen atoms in total. The van der Waals surface area contributed by atoms with E-state index in [2.05, 4.69) is 5.32 Å². The Morgan fingerprint density at radius 3 is 2.69 bits per heavy atom. The second kappa shape index (κ2) is 11.7. The molecule has 1 saturated heterocycles. The highest BCUT2D eigenvalue weighted by Crippen LogP contribution is 2.41. The molecule has 0 bridgehead atoms. The van der Waals surface area contributed by atoms with Crippen LogP contribution in [0.25, 0.3) is 6.08 Å². The van der Waals surface area contributed by atoms with Gasteiger partial charge in [-0.3, -0.25) is 14.5 Å². The van der Waals surface area contributed by atoms with Crippen LogP contribution in [0.5, 0.6) is 28.7 Å². The fourth-order valence-electron chi connectivity index (χ4n) is 3.94. The van der Waals surface area contributed by atoms with E-state index in [4.69, 9.17) is 35.9 Å². The van der Waals surface area contributed by atoms with Crippen LogP contribution < -0.4 is 33.9 Å². The van der Waals surface area contributed by atoms with Crippen molar-refractivity contribution >= 4 is 57.6 Å². The van der Waals surface area contributed by atoms with Crippen molar-refractivity contribution in [3.05, 3.63) is 71.1 Å². The maximum Gasteiger partial charge on any atom is 0.270 e. The number of benzene rings is 3. The molecule has 0 aromatic heterocycles. The number of carbonyl (C=O) groups is 2. The fourth-order valence-corrected chi connectivity index (χ4v) is 5.24. The molecule has 0 spiro atoms. The molecule has 0 atom stereocenters. The van der Waals surface area contributed by atoms with Gasteiger partial charge in [0, 0.05) is 6.07 Å². The van der Waals surface area contributed by atoms with Crippen molar-refractivity contribution in [2.24, 2.45) is 0 Å². The Hall–Kier alpha value is -4.22. The van der Waals surface area contributed by atoms with E-state index < -0.39 is 0 Å². The van der Waals surface area contributed by atoms with E-state index in [-0.39, 0.29) is 25.2 Å². The number of methoxy groups -OCH3 is 1. The summed E-state index contributed by atoms with van der Waals surface area (Å²) in [6.07, 6.45) is 1.73. The van der Waals surface area contributed by atoms with Gasteiger partial charge < -0.3 is 29.0 Å². The smallest absolute Gasteiger partial charge is 0.270 e. The first-order valence-electron chi connectivity index (χ1n) is 12.0. The number of rotatable bonds is 9. The van der Waals surface area contributed by atoms with Crippen LogP contribution in [0.2, 0.25) is 0 Å². The van der Waals surface area contributed by atoms with Crippen LogP contribution in [0.15, 0.2) is 65.6 Å². The number of carbonyl (C=O) groups excluding carboxylic acids is 2. The number of hydrogen-bond acceptors (Lipinski definition) is 9. The van der Waals surface area contributed by atoms with Crippen LogP contribution in [0.4, 0.5) is 11.4 Å². The van der Waals surface area contributed by atoms with Crippen LogP contribution in [-0.2, 0) is 9.59 Å². The monoisotopic (exact) mass is 564 g/mol. The summed E-state index contributed by atoms with van der Waals surface area (Å²) in [6.45, 7) is 2.27. The highest BCUT2D eigenvalue weighted by Gasteiger charge is 2.34. The van der Waals surface area contributed by atoms with E-state index >= 15 is 0 Å². The summed E-state index contributed by atoms with van der Waals surface area (Å²) >= 11 is 6.69. The van der Waals surface area contributed by atoms with Crippen LogP contribution in [0.3, 0.4) is 0 Å². The Morgan fingerprint density at radius 1 is 1.05 bits per heavy atom. The van der Waals surface area contributed by atoms with Gasteiger partial charge in [-0.1, -0.05) is 42.2 Å². The lowest BCUT2D eigenvalue weighted by Gasteiger charge is -2.15. The third-order valence-electron chi connectivity index (χ3n) is 5.71. The molecule has 1 fully saturated rings. The number of thiocarbonyl (C=S) groups is 1. The van der Waals surface area contributed by atoms with E-state index in [1.54, 1.807) is 54.6 Å². The lowest BCUT2D eigenvalue weighted by molar-refractivity contribution is -0.118. The first kappa shape index (κ1) is 26.4. The largest absolute Gasteiger partial charge is 0.493 e. The quantitative estimate of drug-likeness (QED) is 0.276. The van der Waals surface area contributed by atoms with Crippen LogP contribution in [0, 0.1) is 0 Å². The van der Waals surface area contributed by atoms with Gasteiger partial charge in [-0.15, -0.1) is 0 Å². The van der Waals surface area contributed by atoms with E-state index in [9.17, 15) is 9.59 Å². The summed E-state index contributed by atoms with van der Waals surface area (Å²) in [5, 5.41) is 2.79. The predicted molar refractivity (Wildman–Crippen MR) is 153 cm³/mol. The summed E-state index contributed by atoms with van der Waals surface area (Å²) in [6, 6.07) is 17.6.